The maximum absolute atomic E-state index is 13.0. The third-order valence-electron chi connectivity index (χ3n) is 4.96. The van der Waals surface area contributed by atoms with Crippen LogP contribution in [0.1, 0.15) is 43.7 Å². The monoisotopic (exact) mass is 415 g/mol. The molecular formula is C19H18BrN3O3. The smallest absolute Gasteiger partial charge is 0.327 e. The van der Waals surface area contributed by atoms with Gasteiger partial charge in [-0.1, -0.05) is 41.9 Å². The molecule has 0 amide bonds. The summed E-state index contributed by atoms with van der Waals surface area (Å²) in [5, 5.41) is 3.15. The molecule has 4 rings (SSSR count). The predicted octanol–water partition coefficient (Wildman–Crippen LogP) is 3.03. The third-order valence-corrected chi connectivity index (χ3v) is 5.48. The Morgan fingerprint density at radius 3 is 2.42 bits per heavy atom. The van der Waals surface area contributed by atoms with Gasteiger partial charge in [-0.25, -0.2) is 4.79 Å². The maximum Gasteiger partial charge on any atom is 0.327 e. The Morgan fingerprint density at radius 2 is 1.73 bits per heavy atom. The highest BCUT2D eigenvalue weighted by molar-refractivity contribution is 9.10. The molecule has 1 aromatic heterocycles. The van der Waals surface area contributed by atoms with Crippen molar-refractivity contribution in [3.05, 3.63) is 72.0 Å². The SMILES string of the molecule is CC1(C)CC(=O)C2=C(C1)Nc1[nH]c(=O)[nH]c(=O)c1[C@H]2c1ccc(Br)cc1. The van der Waals surface area contributed by atoms with E-state index in [9.17, 15) is 14.4 Å². The van der Waals surface area contributed by atoms with Crippen LogP contribution in [-0.4, -0.2) is 15.8 Å². The summed E-state index contributed by atoms with van der Waals surface area (Å²) in [6.45, 7) is 4.09. The van der Waals surface area contributed by atoms with Gasteiger partial charge >= 0.3 is 5.69 Å². The van der Waals surface area contributed by atoms with Crippen LogP contribution in [0, 0.1) is 5.41 Å². The fourth-order valence-electron chi connectivity index (χ4n) is 3.94. The summed E-state index contributed by atoms with van der Waals surface area (Å²) in [4.78, 5) is 42.3. The lowest BCUT2D eigenvalue weighted by atomic mass is 9.69. The number of hydrogen-bond donors (Lipinski definition) is 3. The minimum atomic E-state index is -0.568. The summed E-state index contributed by atoms with van der Waals surface area (Å²) in [6, 6.07) is 7.56. The molecule has 3 N–H and O–H groups in total. The van der Waals surface area contributed by atoms with E-state index in [4.69, 9.17) is 0 Å². The Morgan fingerprint density at radius 1 is 1.04 bits per heavy atom. The molecular weight excluding hydrogens is 398 g/mol. The van der Waals surface area contributed by atoms with E-state index in [-0.39, 0.29) is 11.2 Å². The lowest BCUT2D eigenvalue weighted by molar-refractivity contribution is -0.118. The van der Waals surface area contributed by atoms with Crippen LogP contribution in [0.4, 0.5) is 5.82 Å². The molecule has 1 aromatic carbocycles. The van der Waals surface area contributed by atoms with E-state index < -0.39 is 17.2 Å². The number of carbonyl (C=O) groups excluding carboxylic acids is 1. The van der Waals surface area contributed by atoms with Crippen molar-refractivity contribution in [2.75, 3.05) is 5.32 Å². The molecule has 26 heavy (non-hydrogen) atoms. The molecule has 2 heterocycles. The van der Waals surface area contributed by atoms with Crippen molar-refractivity contribution in [2.45, 2.75) is 32.6 Å². The van der Waals surface area contributed by atoms with E-state index in [1.54, 1.807) is 0 Å². The maximum atomic E-state index is 13.0. The Hall–Kier alpha value is -2.41. The first kappa shape index (κ1) is 17.0. The minimum Gasteiger partial charge on any atom is -0.344 e. The Balaban J connectivity index is 2.00. The van der Waals surface area contributed by atoms with Crippen LogP contribution >= 0.6 is 15.9 Å². The van der Waals surface area contributed by atoms with Gasteiger partial charge in [-0.05, 0) is 29.5 Å². The highest BCUT2D eigenvalue weighted by atomic mass is 79.9. The number of halogens is 1. The van der Waals surface area contributed by atoms with Gasteiger partial charge in [-0.3, -0.25) is 19.6 Å². The Labute approximate surface area is 157 Å². The lowest BCUT2D eigenvalue weighted by Crippen LogP contribution is -2.38. The lowest BCUT2D eigenvalue weighted by Gasteiger charge is -2.38. The van der Waals surface area contributed by atoms with Crippen LogP contribution < -0.4 is 16.6 Å². The van der Waals surface area contributed by atoms with E-state index in [0.29, 0.717) is 29.8 Å². The van der Waals surface area contributed by atoms with Crippen LogP contribution in [0.2, 0.25) is 0 Å². The van der Waals surface area contributed by atoms with Gasteiger partial charge in [0.05, 0.1) is 5.56 Å². The summed E-state index contributed by atoms with van der Waals surface area (Å²) in [6.07, 6.45) is 1.10. The van der Waals surface area contributed by atoms with Gasteiger partial charge < -0.3 is 5.32 Å². The summed E-state index contributed by atoms with van der Waals surface area (Å²) in [5.41, 5.74) is 1.40. The average molecular weight is 416 g/mol. The number of benzene rings is 1. The molecule has 0 fully saturated rings. The third kappa shape index (κ3) is 2.76. The van der Waals surface area contributed by atoms with Crippen molar-refractivity contribution in [1.82, 2.24) is 9.97 Å². The van der Waals surface area contributed by atoms with E-state index in [1.807, 2.05) is 38.1 Å². The van der Waals surface area contributed by atoms with Crippen LogP contribution in [0.15, 0.2) is 49.6 Å². The Kier molecular flexibility index (Phi) is 3.80. The number of H-pyrrole nitrogens is 2. The summed E-state index contributed by atoms with van der Waals surface area (Å²) >= 11 is 3.41. The van der Waals surface area contributed by atoms with Crippen molar-refractivity contribution in [3.8, 4) is 0 Å². The fourth-order valence-corrected chi connectivity index (χ4v) is 4.20. The summed E-state index contributed by atoms with van der Waals surface area (Å²) < 4.78 is 0.913. The van der Waals surface area contributed by atoms with Gasteiger partial charge in [0.2, 0.25) is 0 Å². The number of rotatable bonds is 1. The summed E-state index contributed by atoms with van der Waals surface area (Å²) in [7, 11) is 0. The number of aromatic nitrogens is 2. The van der Waals surface area contributed by atoms with Crippen LogP contribution in [-0.2, 0) is 4.79 Å². The zero-order valence-electron chi connectivity index (χ0n) is 14.4. The highest BCUT2D eigenvalue weighted by Gasteiger charge is 2.42. The molecule has 134 valence electrons. The molecule has 2 aromatic rings. The number of ketones is 1. The molecule has 0 saturated heterocycles. The average Bonchev–Trinajstić information content (AvgIpc) is 2.52. The van der Waals surface area contributed by atoms with Crippen LogP contribution in [0.5, 0.6) is 0 Å². The first-order valence-corrected chi connectivity index (χ1v) is 9.20. The van der Waals surface area contributed by atoms with Gasteiger partial charge in [0, 0.05) is 28.1 Å². The first-order valence-electron chi connectivity index (χ1n) is 8.40. The van der Waals surface area contributed by atoms with Crippen LogP contribution in [0.3, 0.4) is 0 Å². The second kappa shape index (κ2) is 5.81. The van der Waals surface area contributed by atoms with E-state index in [1.165, 1.54) is 0 Å². The molecule has 0 saturated carbocycles. The second-order valence-corrected chi connectivity index (χ2v) is 8.56. The van der Waals surface area contributed by atoms with Crippen molar-refractivity contribution in [1.29, 1.82) is 0 Å². The normalized spacial score (nSPS) is 21.0. The molecule has 0 spiro atoms. The number of aromatic amines is 2. The van der Waals surface area contributed by atoms with Crippen LogP contribution in [0.25, 0.3) is 0 Å². The van der Waals surface area contributed by atoms with Gasteiger partial charge in [0.25, 0.3) is 5.56 Å². The molecule has 1 atom stereocenters. The number of allylic oxidation sites excluding steroid dienone is 2. The standard InChI is InChI=1S/C19H18BrN3O3/c1-19(2)7-11-14(12(24)8-19)13(9-3-5-10(20)6-4-9)15-16(21-11)22-18(26)23-17(15)25/h3-6,13H,7-8H2,1-2H3,(H3,21,22,23,25,26)/t13-/m0/s1. The molecule has 1 aliphatic carbocycles. The van der Waals surface area contributed by atoms with Gasteiger partial charge in [-0.2, -0.15) is 0 Å². The number of anilines is 1. The summed E-state index contributed by atoms with van der Waals surface area (Å²) in [5.74, 6) is -0.0950. The van der Waals surface area contributed by atoms with Crippen molar-refractivity contribution >= 4 is 27.5 Å². The van der Waals surface area contributed by atoms with Crippen molar-refractivity contribution in [3.63, 3.8) is 0 Å². The predicted molar refractivity (Wildman–Crippen MR) is 102 cm³/mol. The fraction of sp³-hybridized carbons (Fsp3) is 0.316. The number of Topliss-reactive ketones (excluding diaryl/α,β-unsaturated/α-hetero) is 1. The molecule has 7 heteroatoms. The largest absolute Gasteiger partial charge is 0.344 e. The molecule has 2 aliphatic rings. The molecule has 0 unspecified atom stereocenters. The zero-order chi connectivity index (χ0) is 18.6. The molecule has 6 nitrogen and oxygen atoms in total. The number of nitrogens with one attached hydrogen (secondary N) is 3. The highest BCUT2D eigenvalue weighted by Crippen LogP contribution is 2.47. The van der Waals surface area contributed by atoms with E-state index in [0.717, 1.165) is 15.7 Å². The van der Waals surface area contributed by atoms with Crippen molar-refractivity contribution < 1.29 is 4.79 Å². The number of hydrogen-bond acceptors (Lipinski definition) is 4. The molecule has 0 bridgehead atoms. The van der Waals surface area contributed by atoms with E-state index in [2.05, 4.69) is 31.2 Å². The molecule has 0 radical (unpaired) electrons. The van der Waals surface area contributed by atoms with Gasteiger partial charge in [0.1, 0.15) is 5.82 Å². The Bertz CT molecular complexity index is 1060. The van der Waals surface area contributed by atoms with E-state index >= 15 is 0 Å². The molecule has 1 aliphatic heterocycles. The van der Waals surface area contributed by atoms with Crippen molar-refractivity contribution in [2.24, 2.45) is 5.41 Å². The second-order valence-electron chi connectivity index (χ2n) is 7.64. The topological polar surface area (TPSA) is 94.8 Å². The number of fused-ring (bicyclic) bond motifs is 1. The minimum absolute atomic E-state index is 0.0351. The van der Waals surface area contributed by atoms with Gasteiger partial charge in [-0.15, -0.1) is 0 Å². The zero-order valence-corrected chi connectivity index (χ0v) is 16.0. The number of carbonyl (C=O) groups is 1. The quantitative estimate of drug-likeness (QED) is 0.666. The first-order chi connectivity index (χ1) is 12.2. The van der Waals surface area contributed by atoms with Gasteiger partial charge in [0.15, 0.2) is 5.78 Å².